The van der Waals surface area contributed by atoms with Gasteiger partial charge < -0.3 is 15.2 Å². The van der Waals surface area contributed by atoms with Gasteiger partial charge in [-0.2, -0.15) is 0 Å². The molecule has 7 heteroatoms. The smallest absolute Gasteiger partial charge is 0.240 e. The summed E-state index contributed by atoms with van der Waals surface area (Å²) >= 11 is 0. The second kappa shape index (κ2) is 7.22. The summed E-state index contributed by atoms with van der Waals surface area (Å²) in [6.07, 6.45) is 2.37. The molecule has 0 radical (unpaired) electrons. The molecule has 1 aliphatic rings. The van der Waals surface area contributed by atoms with Crippen LogP contribution in [0, 0.1) is 0 Å². The predicted octanol–water partition coefficient (Wildman–Crippen LogP) is 0.870. The Balaban J connectivity index is 1.91. The van der Waals surface area contributed by atoms with Crippen LogP contribution >= 0.6 is 0 Å². The van der Waals surface area contributed by atoms with Gasteiger partial charge in [0.05, 0.1) is 17.6 Å². The molecular weight excluding hydrogens is 292 g/mol. The minimum absolute atomic E-state index is 0.0413. The molecule has 0 atom stereocenters. The molecule has 1 aliphatic carbocycles. The first-order valence-electron chi connectivity index (χ1n) is 7.03. The van der Waals surface area contributed by atoms with Crippen LogP contribution in [0.4, 0.5) is 0 Å². The van der Waals surface area contributed by atoms with Crippen molar-refractivity contribution < 1.29 is 17.9 Å². The standard InChI is InChI=1S/C14H22N2O4S/c1-19-13-9-11(10-13)16-21(17,18)14-5-3-12(4-6-14)20-8-2-7-15/h3-6,11,13,16H,2,7-10,15H2,1H3. The van der Waals surface area contributed by atoms with Gasteiger partial charge in [0.2, 0.25) is 10.0 Å². The molecule has 1 fully saturated rings. The van der Waals surface area contributed by atoms with Gasteiger partial charge in [-0.1, -0.05) is 0 Å². The fourth-order valence-corrected chi connectivity index (χ4v) is 3.39. The van der Waals surface area contributed by atoms with E-state index in [0.29, 0.717) is 18.9 Å². The van der Waals surface area contributed by atoms with E-state index < -0.39 is 10.0 Å². The summed E-state index contributed by atoms with van der Waals surface area (Å²) in [5.41, 5.74) is 5.38. The van der Waals surface area contributed by atoms with Crippen LogP contribution in [0.25, 0.3) is 0 Å². The maximum absolute atomic E-state index is 12.2. The third-order valence-electron chi connectivity index (χ3n) is 3.50. The highest BCUT2D eigenvalue weighted by molar-refractivity contribution is 7.89. The van der Waals surface area contributed by atoms with Crippen molar-refractivity contribution in [1.29, 1.82) is 0 Å². The van der Waals surface area contributed by atoms with E-state index in [9.17, 15) is 8.42 Å². The second-order valence-corrected chi connectivity index (χ2v) is 6.82. The van der Waals surface area contributed by atoms with Gasteiger partial charge in [-0.05, 0) is 50.1 Å². The molecule has 118 valence electrons. The van der Waals surface area contributed by atoms with Crippen LogP contribution in [0.3, 0.4) is 0 Å². The maximum Gasteiger partial charge on any atom is 0.240 e. The Kier molecular flexibility index (Phi) is 5.58. The van der Waals surface area contributed by atoms with Gasteiger partial charge in [0.15, 0.2) is 0 Å². The van der Waals surface area contributed by atoms with Crippen molar-refractivity contribution in [2.45, 2.75) is 36.3 Å². The van der Waals surface area contributed by atoms with E-state index in [4.69, 9.17) is 15.2 Å². The lowest BCUT2D eigenvalue weighted by atomic mass is 9.90. The van der Waals surface area contributed by atoms with Gasteiger partial charge in [0.1, 0.15) is 5.75 Å². The van der Waals surface area contributed by atoms with E-state index in [1.54, 1.807) is 31.4 Å². The highest BCUT2D eigenvalue weighted by Crippen LogP contribution is 2.25. The lowest BCUT2D eigenvalue weighted by Crippen LogP contribution is -2.47. The lowest BCUT2D eigenvalue weighted by Gasteiger charge is -2.34. The molecule has 0 aliphatic heterocycles. The van der Waals surface area contributed by atoms with Crippen LogP contribution < -0.4 is 15.2 Å². The van der Waals surface area contributed by atoms with Crippen molar-refractivity contribution in [2.75, 3.05) is 20.3 Å². The molecule has 0 heterocycles. The number of nitrogens with two attached hydrogens (primary N) is 1. The van der Waals surface area contributed by atoms with E-state index in [-0.39, 0.29) is 17.0 Å². The maximum atomic E-state index is 12.2. The molecule has 0 saturated heterocycles. The predicted molar refractivity (Wildman–Crippen MR) is 79.7 cm³/mol. The molecular formula is C14H22N2O4S. The minimum atomic E-state index is -3.48. The summed E-state index contributed by atoms with van der Waals surface area (Å²) in [5, 5.41) is 0. The van der Waals surface area contributed by atoms with E-state index in [1.165, 1.54) is 0 Å². The zero-order valence-electron chi connectivity index (χ0n) is 12.1. The molecule has 2 rings (SSSR count). The molecule has 1 saturated carbocycles. The number of rotatable bonds is 8. The van der Waals surface area contributed by atoms with Gasteiger partial charge in [-0.25, -0.2) is 13.1 Å². The molecule has 0 unspecified atom stereocenters. The number of sulfonamides is 1. The fraction of sp³-hybridized carbons (Fsp3) is 0.571. The number of hydrogen-bond acceptors (Lipinski definition) is 5. The molecule has 1 aromatic rings. The van der Waals surface area contributed by atoms with Crippen LogP contribution in [0.1, 0.15) is 19.3 Å². The summed E-state index contributed by atoms with van der Waals surface area (Å²) < 4.78 is 37.6. The van der Waals surface area contributed by atoms with E-state index in [2.05, 4.69) is 4.72 Å². The molecule has 6 nitrogen and oxygen atoms in total. The highest BCUT2D eigenvalue weighted by Gasteiger charge is 2.32. The summed E-state index contributed by atoms with van der Waals surface area (Å²) in [7, 11) is -1.84. The van der Waals surface area contributed by atoms with Crippen molar-refractivity contribution >= 4 is 10.0 Å². The summed E-state index contributed by atoms with van der Waals surface area (Å²) in [6, 6.07) is 6.37. The van der Waals surface area contributed by atoms with Crippen LogP contribution in [0.15, 0.2) is 29.2 Å². The lowest BCUT2D eigenvalue weighted by molar-refractivity contribution is 0.0236. The number of hydrogen-bond donors (Lipinski definition) is 2. The fourth-order valence-electron chi connectivity index (χ4n) is 2.13. The monoisotopic (exact) mass is 314 g/mol. The largest absolute Gasteiger partial charge is 0.494 e. The van der Waals surface area contributed by atoms with Crippen molar-refractivity contribution in [3.63, 3.8) is 0 Å². The topological polar surface area (TPSA) is 90.6 Å². The zero-order valence-corrected chi connectivity index (χ0v) is 12.9. The van der Waals surface area contributed by atoms with Gasteiger partial charge in [-0.15, -0.1) is 0 Å². The van der Waals surface area contributed by atoms with Crippen LogP contribution in [0.2, 0.25) is 0 Å². The van der Waals surface area contributed by atoms with Crippen molar-refractivity contribution in [3.8, 4) is 5.75 Å². The average molecular weight is 314 g/mol. The van der Waals surface area contributed by atoms with Gasteiger partial charge >= 0.3 is 0 Å². The first-order chi connectivity index (χ1) is 10.0. The third kappa shape index (κ3) is 4.41. The zero-order chi connectivity index (χ0) is 15.3. The Bertz CT molecular complexity index is 539. The van der Waals surface area contributed by atoms with Gasteiger partial charge in [0, 0.05) is 13.2 Å². The number of benzene rings is 1. The first-order valence-corrected chi connectivity index (χ1v) is 8.51. The summed E-state index contributed by atoms with van der Waals surface area (Å²) in [4.78, 5) is 0.245. The van der Waals surface area contributed by atoms with Crippen LogP contribution in [-0.2, 0) is 14.8 Å². The molecule has 0 bridgehead atoms. The molecule has 0 amide bonds. The molecule has 0 spiro atoms. The van der Waals surface area contributed by atoms with E-state index in [0.717, 1.165) is 19.3 Å². The Morgan fingerprint density at radius 2 is 1.95 bits per heavy atom. The SMILES string of the molecule is COC1CC(NS(=O)(=O)c2ccc(OCCCN)cc2)C1. The van der Waals surface area contributed by atoms with E-state index >= 15 is 0 Å². The minimum Gasteiger partial charge on any atom is -0.494 e. The highest BCUT2D eigenvalue weighted by atomic mass is 32.2. The molecule has 1 aromatic carbocycles. The molecule has 21 heavy (non-hydrogen) atoms. The molecule has 3 N–H and O–H groups in total. The van der Waals surface area contributed by atoms with Crippen molar-refractivity contribution in [1.82, 2.24) is 4.72 Å². The Morgan fingerprint density at radius 3 is 2.52 bits per heavy atom. The Morgan fingerprint density at radius 1 is 1.29 bits per heavy atom. The Labute approximate surface area is 125 Å². The molecule has 0 aromatic heterocycles. The Hall–Kier alpha value is -1.15. The quantitative estimate of drug-likeness (QED) is 0.695. The van der Waals surface area contributed by atoms with E-state index in [1.807, 2.05) is 0 Å². The van der Waals surface area contributed by atoms with Gasteiger partial charge in [-0.3, -0.25) is 0 Å². The third-order valence-corrected chi connectivity index (χ3v) is 5.04. The summed E-state index contributed by atoms with van der Waals surface area (Å²) in [5.74, 6) is 0.644. The van der Waals surface area contributed by atoms with Gasteiger partial charge in [0.25, 0.3) is 0 Å². The number of nitrogens with one attached hydrogen (secondary N) is 1. The number of ether oxygens (including phenoxy) is 2. The first kappa shape index (κ1) is 16.2. The van der Waals surface area contributed by atoms with Crippen molar-refractivity contribution in [3.05, 3.63) is 24.3 Å². The average Bonchev–Trinajstić information content (AvgIpc) is 2.43. The second-order valence-electron chi connectivity index (χ2n) is 5.11. The van der Waals surface area contributed by atoms with Crippen molar-refractivity contribution in [2.24, 2.45) is 5.73 Å². The van der Waals surface area contributed by atoms with Crippen LogP contribution in [0.5, 0.6) is 5.75 Å². The number of methoxy groups -OCH3 is 1. The normalized spacial score (nSPS) is 21.8. The summed E-state index contributed by atoms with van der Waals surface area (Å²) in [6.45, 7) is 1.10. The van der Waals surface area contributed by atoms with Crippen LogP contribution in [-0.4, -0.2) is 40.8 Å².